The molecule has 2 aromatic carbocycles. The molecule has 3 aromatic heterocycles. The minimum absolute atomic E-state index is 0.161. The summed E-state index contributed by atoms with van der Waals surface area (Å²) >= 11 is 8.73. The number of carbonyl (C=O) groups is 1. The molecule has 2 N–H and O–H groups in total. The Kier molecular flexibility index (Phi) is 5.95. The second-order valence-electron chi connectivity index (χ2n) is 7.45. The molecule has 0 saturated carbocycles. The molecule has 0 saturated heterocycles. The first-order chi connectivity index (χ1) is 16.5. The predicted molar refractivity (Wildman–Crippen MR) is 138 cm³/mol. The third kappa shape index (κ3) is 4.61. The van der Waals surface area contributed by atoms with Gasteiger partial charge in [0.15, 0.2) is 22.1 Å². The molecular weight excluding hydrogens is 516 g/mol. The van der Waals surface area contributed by atoms with Gasteiger partial charge in [0.25, 0.3) is 5.91 Å². The molecule has 0 spiro atoms. The lowest BCUT2D eigenvalue weighted by Gasteiger charge is -2.11. The highest BCUT2D eigenvalue weighted by molar-refractivity contribution is 9.10. The van der Waals surface area contributed by atoms with Crippen molar-refractivity contribution in [2.75, 3.05) is 5.32 Å². The fourth-order valence-corrected chi connectivity index (χ4v) is 3.84. The molecule has 0 unspecified atom stereocenters. The number of nitrogens with zero attached hydrogens (tertiary/aromatic N) is 2. The first-order valence-electron chi connectivity index (χ1n) is 10.3. The SMILES string of the molecule is Cc1cc(-c2nc3ncccc3o2)ccc1NC(=S)NC(=O)c1ccc(-c2ccc(Br)cc2)o1. The molecule has 3 heterocycles. The fourth-order valence-electron chi connectivity index (χ4n) is 3.38. The highest BCUT2D eigenvalue weighted by Gasteiger charge is 2.15. The van der Waals surface area contributed by atoms with Crippen LogP contribution in [0.4, 0.5) is 5.69 Å². The van der Waals surface area contributed by atoms with Gasteiger partial charge in [-0.1, -0.05) is 28.1 Å². The van der Waals surface area contributed by atoms with E-state index in [4.69, 9.17) is 21.1 Å². The van der Waals surface area contributed by atoms with Gasteiger partial charge in [-0.05, 0) is 79.3 Å². The Balaban J connectivity index is 1.25. The van der Waals surface area contributed by atoms with Crippen LogP contribution in [-0.4, -0.2) is 21.0 Å². The number of halogens is 1. The van der Waals surface area contributed by atoms with E-state index in [1.54, 1.807) is 24.4 Å². The number of aryl methyl sites for hydroxylation is 1. The third-order valence-corrected chi connectivity index (χ3v) is 5.80. The van der Waals surface area contributed by atoms with E-state index in [9.17, 15) is 4.79 Å². The topological polar surface area (TPSA) is 93.2 Å². The van der Waals surface area contributed by atoms with E-state index in [0.29, 0.717) is 22.9 Å². The lowest BCUT2D eigenvalue weighted by atomic mass is 10.1. The highest BCUT2D eigenvalue weighted by atomic mass is 79.9. The molecule has 0 aliphatic rings. The summed E-state index contributed by atoms with van der Waals surface area (Å²) in [5.41, 5.74) is 4.52. The Morgan fingerprint density at radius 1 is 1.00 bits per heavy atom. The zero-order chi connectivity index (χ0) is 23.7. The smallest absolute Gasteiger partial charge is 0.293 e. The largest absolute Gasteiger partial charge is 0.451 e. The summed E-state index contributed by atoms with van der Waals surface area (Å²) in [6, 6.07) is 20.3. The summed E-state index contributed by atoms with van der Waals surface area (Å²) in [7, 11) is 0. The fraction of sp³-hybridized carbons (Fsp3) is 0.0400. The van der Waals surface area contributed by atoms with E-state index in [-0.39, 0.29) is 10.9 Å². The van der Waals surface area contributed by atoms with Crippen molar-refractivity contribution in [3.63, 3.8) is 0 Å². The standard InChI is InChI=1S/C25H17BrN4O3S/c1-14-13-16(24-29-22-20(33-24)3-2-12-27-22)6-9-18(14)28-25(34)30-23(31)21-11-10-19(32-21)15-4-7-17(26)8-5-15/h2-13H,1H3,(H2,28,30,31,34). The number of pyridine rings is 1. The molecule has 7 nitrogen and oxygen atoms in total. The maximum atomic E-state index is 12.6. The maximum absolute atomic E-state index is 12.6. The number of hydrogen-bond acceptors (Lipinski definition) is 6. The van der Waals surface area contributed by atoms with Crippen LogP contribution in [0.5, 0.6) is 0 Å². The molecular formula is C25H17BrN4O3S. The summed E-state index contributed by atoms with van der Waals surface area (Å²) in [6.07, 6.45) is 1.67. The molecule has 0 radical (unpaired) electrons. The van der Waals surface area contributed by atoms with Gasteiger partial charge < -0.3 is 14.2 Å². The van der Waals surface area contributed by atoms with Crippen LogP contribution in [0.3, 0.4) is 0 Å². The molecule has 1 amide bonds. The van der Waals surface area contributed by atoms with Crippen molar-refractivity contribution in [3.05, 3.63) is 88.7 Å². The first-order valence-corrected chi connectivity index (χ1v) is 11.5. The molecule has 9 heteroatoms. The van der Waals surface area contributed by atoms with Crippen LogP contribution in [0.15, 0.2) is 86.2 Å². The molecule has 0 aliphatic heterocycles. The van der Waals surface area contributed by atoms with Crippen molar-refractivity contribution in [2.45, 2.75) is 6.92 Å². The van der Waals surface area contributed by atoms with Crippen LogP contribution in [0.25, 0.3) is 34.0 Å². The van der Waals surface area contributed by atoms with Crippen LogP contribution >= 0.6 is 28.1 Å². The molecule has 5 rings (SSSR count). The second-order valence-corrected chi connectivity index (χ2v) is 8.78. The molecule has 0 atom stereocenters. The van der Waals surface area contributed by atoms with Gasteiger partial charge in [0.1, 0.15) is 5.76 Å². The van der Waals surface area contributed by atoms with Crippen molar-refractivity contribution in [3.8, 4) is 22.8 Å². The summed E-state index contributed by atoms with van der Waals surface area (Å²) in [6.45, 7) is 1.92. The number of benzene rings is 2. The number of anilines is 1. The van der Waals surface area contributed by atoms with Gasteiger partial charge >= 0.3 is 0 Å². The number of nitrogens with one attached hydrogen (secondary N) is 2. The quantitative estimate of drug-likeness (QED) is 0.260. The van der Waals surface area contributed by atoms with Gasteiger partial charge in [-0.25, -0.2) is 4.98 Å². The average molecular weight is 533 g/mol. The summed E-state index contributed by atoms with van der Waals surface area (Å²) in [4.78, 5) is 21.2. The van der Waals surface area contributed by atoms with E-state index in [1.807, 2.05) is 55.5 Å². The van der Waals surface area contributed by atoms with E-state index in [1.165, 1.54) is 0 Å². The number of furan rings is 1. The van der Waals surface area contributed by atoms with Crippen molar-refractivity contribution < 1.29 is 13.6 Å². The lowest BCUT2D eigenvalue weighted by Crippen LogP contribution is -2.34. The van der Waals surface area contributed by atoms with E-state index in [0.717, 1.165) is 26.9 Å². The summed E-state index contributed by atoms with van der Waals surface area (Å²) < 4.78 is 12.4. The van der Waals surface area contributed by atoms with Crippen molar-refractivity contribution in [2.24, 2.45) is 0 Å². The average Bonchev–Trinajstić information content (AvgIpc) is 3.48. The second kappa shape index (κ2) is 9.20. The Hall–Kier alpha value is -3.82. The number of carbonyl (C=O) groups excluding carboxylic acids is 1. The zero-order valence-corrected chi connectivity index (χ0v) is 20.2. The Morgan fingerprint density at radius 3 is 2.56 bits per heavy atom. The van der Waals surface area contributed by atoms with Crippen LogP contribution in [0.1, 0.15) is 16.1 Å². The van der Waals surface area contributed by atoms with Crippen LogP contribution in [-0.2, 0) is 0 Å². The number of thiocarbonyl (C=S) groups is 1. The third-order valence-electron chi connectivity index (χ3n) is 5.07. The van der Waals surface area contributed by atoms with Gasteiger partial charge in [-0.2, -0.15) is 4.98 Å². The zero-order valence-electron chi connectivity index (χ0n) is 17.8. The molecule has 5 aromatic rings. The van der Waals surface area contributed by atoms with Crippen molar-refractivity contribution in [1.29, 1.82) is 0 Å². The van der Waals surface area contributed by atoms with Crippen molar-refractivity contribution >= 4 is 56.1 Å². The summed E-state index contributed by atoms with van der Waals surface area (Å²) in [5.74, 6) is 0.809. The Labute approximate surface area is 208 Å². The monoisotopic (exact) mass is 532 g/mol. The van der Waals surface area contributed by atoms with Crippen LogP contribution in [0, 0.1) is 6.92 Å². The van der Waals surface area contributed by atoms with Gasteiger partial charge in [0.2, 0.25) is 5.89 Å². The number of amides is 1. The minimum Gasteiger partial charge on any atom is -0.451 e. The number of fused-ring (bicyclic) bond motifs is 1. The molecule has 0 bridgehead atoms. The number of hydrogen-bond donors (Lipinski definition) is 2. The van der Waals surface area contributed by atoms with Gasteiger partial charge in [0.05, 0.1) is 0 Å². The lowest BCUT2D eigenvalue weighted by molar-refractivity contribution is 0.0951. The van der Waals surface area contributed by atoms with Gasteiger partial charge in [0, 0.05) is 27.5 Å². The van der Waals surface area contributed by atoms with E-state index >= 15 is 0 Å². The first kappa shape index (κ1) is 22.0. The van der Waals surface area contributed by atoms with E-state index < -0.39 is 5.91 Å². The van der Waals surface area contributed by atoms with E-state index in [2.05, 4.69) is 36.5 Å². The number of oxazole rings is 1. The molecule has 0 fully saturated rings. The molecule has 34 heavy (non-hydrogen) atoms. The minimum atomic E-state index is -0.436. The predicted octanol–water partition coefficient (Wildman–Crippen LogP) is 6.35. The highest BCUT2D eigenvalue weighted by Crippen LogP contribution is 2.27. The Morgan fingerprint density at radius 2 is 1.79 bits per heavy atom. The number of rotatable bonds is 4. The molecule has 0 aliphatic carbocycles. The van der Waals surface area contributed by atoms with Crippen LogP contribution < -0.4 is 10.6 Å². The number of aromatic nitrogens is 2. The van der Waals surface area contributed by atoms with Gasteiger partial charge in [-0.3, -0.25) is 10.1 Å². The van der Waals surface area contributed by atoms with Gasteiger partial charge in [-0.15, -0.1) is 0 Å². The normalized spacial score (nSPS) is 10.9. The maximum Gasteiger partial charge on any atom is 0.293 e. The van der Waals surface area contributed by atoms with Crippen LogP contribution in [0.2, 0.25) is 0 Å². The van der Waals surface area contributed by atoms with Crippen molar-refractivity contribution in [1.82, 2.24) is 15.3 Å². The Bertz CT molecular complexity index is 1490. The summed E-state index contributed by atoms with van der Waals surface area (Å²) in [5, 5.41) is 5.86. The molecule has 168 valence electrons.